The van der Waals surface area contributed by atoms with E-state index in [0.717, 1.165) is 12.8 Å². The van der Waals surface area contributed by atoms with E-state index in [9.17, 15) is 0 Å². The molecule has 0 saturated carbocycles. The van der Waals surface area contributed by atoms with Gasteiger partial charge in [0.15, 0.2) is 0 Å². The van der Waals surface area contributed by atoms with E-state index in [1.165, 1.54) is 28.7 Å². The smallest absolute Gasteiger partial charge is 0.0897 e. The van der Waals surface area contributed by atoms with Crippen LogP contribution in [0.2, 0.25) is 0 Å². The summed E-state index contributed by atoms with van der Waals surface area (Å²) in [6, 6.07) is 8.92. The molecule has 1 nitrogen and oxygen atoms in total. The molecule has 23 heavy (non-hydrogen) atoms. The van der Waals surface area contributed by atoms with E-state index < -0.39 is 0 Å². The van der Waals surface area contributed by atoms with Gasteiger partial charge in [0.1, 0.15) is 0 Å². The Morgan fingerprint density at radius 1 is 1.22 bits per heavy atom. The van der Waals surface area contributed by atoms with Gasteiger partial charge in [-0.2, -0.15) is 0 Å². The van der Waals surface area contributed by atoms with Crippen molar-refractivity contribution in [3.8, 4) is 0 Å². The standard InChI is InChI=1S/C22H30O/c1-15(2)12-13-22(5)19-11-8-17(4)20(14-19)21(23-22)18-9-6-16(3)7-10-18/h6-10,12,19-21H,11,13-14H2,1-5H3/t19-,20+,21+,22+/m1/s1. The number of ether oxygens (including phenoxy) is 1. The Morgan fingerprint density at radius 3 is 2.57 bits per heavy atom. The maximum atomic E-state index is 6.80. The van der Waals surface area contributed by atoms with Crippen molar-refractivity contribution in [3.05, 3.63) is 58.7 Å². The molecular formula is C22H30O. The average Bonchev–Trinajstić information content (AvgIpc) is 2.52. The SMILES string of the molecule is CC(C)=CC[C@]1(C)O[C@@H](c2ccc(C)cc2)[C@H]2C[C@H]1CC=C2C. The fraction of sp³-hybridized carbons (Fsp3) is 0.545. The van der Waals surface area contributed by atoms with Crippen LogP contribution in [0, 0.1) is 18.8 Å². The maximum absolute atomic E-state index is 6.80. The number of hydrogen-bond donors (Lipinski definition) is 0. The van der Waals surface area contributed by atoms with Gasteiger partial charge in [-0.25, -0.2) is 0 Å². The van der Waals surface area contributed by atoms with E-state index in [2.05, 4.69) is 71.0 Å². The maximum Gasteiger partial charge on any atom is 0.0897 e. The van der Waals surface area contributed by atoms with E-state index in [1.807, 2.05) is 0 Å². The molecule has 1 saturated heterocycles. The van der Waals surface area contributed by atoms with Gasteiger partial charge in [0.25, 0.3) is 0 Å². The third-order valence-electron chi connectivity index (χ3n) is 5.79. The summed E-state index contributed by atoms with van der Waals surface area (Å²) >= 11 is 0. The lowest BCUT2D eigenvalue weighted by atomic mass is 9.67. The fourth-order valence-electron chi connectivity index (χ4n) is 4.08. The number of rotatable bonds is 3. The molecule has 2 bridgehead atoms. The summed E-state index contributed by atoms with van der Waals surface area (Å²) in [4.78, 5) is 0. The number of benzene rings is 1. The molecule has 0 spiro atoms. The predicted octanol–water partition coefficient (Wildman–Crippen LogP) is 6.15. The van der Waals surface area contributed by atoms with Crippen molar-refractivity contribution in [2.45, 2.75) is 65.6 Å². The average molecular weight is 310 g/mol. The van der Waals surface area contributed by atoms with Gasteiger partial charge in [0.05, 0.1) is 11.7 Å². The van der Waals surface area contributed by atoms with Crippen LogP contribution >= 0.6 is 0 Å². The van der Waals surface area contributed by atoms with Gasteiger partial charge in [0, 0.05) is 5.92 Å². The van der Waals surface area contributed by atoms with Gasteiger partial charge >= 0.3 is 0 Å². The summed E-state index contributed by atoms with van der Waals surface area (Å²) in [5.74, 6) is 1.17. The molecular weight excluding hydrogens is 280 g/mol. The predicted molar refractivity (Wildman–Crippen MR) is 97.4 cm³/mol. The Kier molecular flexibility index (Phi) is 4.51. The number of fused-ring (bicyclic) bond motifs is 2. The van der Waals surface area contributed by atoms with Gasteiger partial charge < -0.3 is 4.74 Å². The van der Waals surface area contributed by atoms with E-state index in [1.54, 1.807) is 0 Å². The van der Waals surface area contributed by atoms with Crippen molar-refractivity contribution in [1.82, 2.24) is 0 Å². The highest BCUT2D eigenvalue weighted by Gasteiger charge is 2.47. The number of hydrogen-bond acceptors (Lipinski definition) is 1. The van der Waals surface area contributed by atoms with Gasteiger partial charge in [-0.15, -0.1) is 0 Å². The van der Waals surface area contributed by atoms with Crippen molar-refractivity contribution in [1.29, 1.82) is 0 Å². The van der Waals surface area contributed by atoms with E-state index in [4.69, 9.17) is 4.74 Å². The largest absolute Gasteiger partial charge is 0.366 e. The summed E-state index contributed by atoms with van der Waals surface area (Å²) in [7, 11) is 0. The first kappa shape index (κ1) is 16.5. The molecule has 1 aliphatic heterocycles. The van der Waals surface area contributed by atoms with E-state index in [-0.39, 0.29) is 11.7 Å². The Morgan fingerprint density at radius 2 is 1.91 bits per heavy atom. The third-order valence-corrected chi connectivity index (χ3v) is 5.79. The monoisotopic (exact) mass is 310 g/mol. The lowest BCUT2D eigenvalue weighted by Crippen LogP contribution is -2.47. The lowest BCUT2D eigenvalue weighted by Gasteiger charge is -2.51. The molecule has 0 unspecified atom stereocenters. The molecule has 1 aromatic rings. The molecule has 1 aliphatic carbocycles. The van der Waals surface area contributed by atoms with Crippen LogP contribution in [0.5, 0.6) is 0 Å². The van der Waals surface area contributed by atoms with Gasteiger partial charge in [-0.05, 0) is 65.4 Å². The van der Waals surface area contributed by atoms with Gasteiger partial charge in [-0.3, -0.25) is 0 Å². The van der Waals surface area contributed by atoms with Crippen LogP contribution in [0.25, 0.3) is 0 Å². The van der Waals surface area contributed by atoms with Crippen LogP contribution in [-0.2, 0) is 4.74 Å². The van der Waals surface area contributed by atoms with Gasteiger partial charge in [0.2, 0.25) is 0 Å². The van der Waals surface area contributed by atoms with Gasteiger partial charge in [-0.1, -0.05) is 53.1 Å². The third kappa shape index (κ3) is 3.30. The number of aryl methyl sites for hydroxylation is 1. The second-order valence-corrected chi connectivity index (χ2v) is 7.97. The van der Waals surface area contributed by atoms with Crippen LogP contribution < -0.4 is 0 Å². The molecule has 0 amide bonds. The van der Waals surface area contributed by atoms with Crippen molar-refractivity contribution < 1.29 is 4.74 Å². The van der Waals surface area contributed by atoms with Crippen LogP contribution in [0.15, 0.2) is 47.6 Å². The Balaban J connectivity index is 1.94. The first-order valence-electron chi connectivity index (χ1n) is 8.93. The minimum atomic E-state index is -0.0550. The molecule has 1 aromatic carbocycles. The second-order valence-electron chi connectivity index (χ2n) is 7.97. The quantitative estimate of drug-likeness (QED) is 0.608. The van der Waals surface area contributed by atoms with Crippen molar-refractivity contribution in [2.75, 3.05) is 0 Å². The van der Waals surface area contributed by atoms with Crippen LogP contribution in [0.3, 0.4) is 0 Å². The highest BCUT2D eigenvalue weighted by Crippen LogP contribution is 2.52. The summed E-state index contributed by atoms with van der Waals surface area (Å²) < 4.78 is 6.80. The zero-order chi connectivity index (χ0) is 16.6. The second kappa shape index (κ2) is 6.28. The minimum absolute atomic E-state index is 0.0550. The van der Waals surface area contributed by atoms with Crippen molar-refractivity contribution in [3.63, 3.8) is 0 Å². The molecule has 0 radical (unpaired) electrons. The lowest BCUT2D eigenvalue weighted by molar-refractivity contribution is -0.175. The fourth-order valence-corrected chi connectivity index (χ4v) is 4.08. The summed E-state index contributed by atoms with van der Waals surface area (Å²) in [6.45, 7) is 11.1. The molecule has 1 heteroatoms. The molecule has 124 valence electrons. The normalized spacial score (nSPS) is 33.1. The molecule has 3 rings (SSSR count). The minimum Gasteiger partial charge on any atom is -0.366 e. The summed E-state index contributed by atoms with van der Waals surface area (Å²) in [5, 5.41) is 0. The van der Waals surface area contributed by atoms with Crippen molar-refractivity contribution in [2.24, 2.45) is 11.8 Å². The number of allylic oxidation sites excluding steroid dienone is 2. The zero-order valence-corrected chi connectivity index (χ0v) is 15.2. The summed E-state index contributed by atoms with van der Waals surface area (Å²) in [5.41, 5.74) is 5.48. The molecule has 2 aliphatic rings. The molecule has 1 fully saturated rings. The highest BCUT2D eigenvalue weighted by atomic mass is 16.5. The first-order chi connectivity index (χ1) is 10.9. The first-order valence-corrected chi connectivity index (χ1v) is 8.93. The highest BCUT2D eigenvalue weighted by molar-refractivity contribution is 5.28. The molecule has 0 aromatic heterocycles. The van der Waals surface area contributed by atoms with E-state index >= 15 is 0 Å². The van der Waals surface area contributed by atoms with Crippen LogP contribution in [0.4, 0.5) is 0 Å². The van der Waals surface area contributed by atoms with Crippen molar-refractivity contribution >= 4 is 0 Å². The van der Waals surface area contributed by atoms with E-state index in [0.29, 0.717) is 11.8 Å². The van der Waals surface area contributed by atoms with Crippen LogP contribution in [-0.4, -0.2) is 5.60 Å². The Labute approximate surface area is 141 Å². The summed E-state index contributed by atoms with van der Waals surface area (Å²) in [6.07, 6.45) is 8.44. The Bertz CT molecular complexity index is 618. The molecule has 4 atom stereocenters. The Hall–Kier alpha value is -1.34. The topological polar surface area (TPSA) is 9.23 Å². The molecule has 1 heterocycles. The van der Waals surface area contributed by atoms with Crippen LogP contribution in [0.1, 0.15) is 64.2 Å². The molecule has 0 N–H and O–H groups in total. The zero-order valence-electron chi connectivity index (χ0n) is 15.2.